The Kier molecular flexibility index (Phi) is 6.40. The smallest absolute Gasteiger partial charge is 0.286 e. The average Bonchev–Trinajstić information content (AvgIpc) is 2.31. The van der Waals surface area contributed by atoms with Crippen molar-refractivity contribution in [2.24, 2.45) is 0 Å². The van der Waals surface area contributed by atoms with Crippen molar-refractivity contribution < 1.29 is 23.2 Å². The molecule has 96 valence electrons. The SMILES string of the molecule is CCOP(=O)(OCC)OOCc1ccccc1. The predicted octanol–water partition coefficient (Wildman–Crippen LogP) is 3.32. The van der Waals surface area contributed by atoms with E-state index in [9.17, 15) is 4.57 Å². The molecule has 6 heteroatoms. The molecule has 0 spiro atoms. The van der Waals surface area contributed by atoms with E-state index in [-0.39, 0.29) is 19.8 Å². The lowest BCUT2D eigenvalue weighted by Gasteiger charge is -2.14. The summed E-state index contributed by atoms with van der Waals surface area (Å²) in [5.41, 5.74) is 0.909. The first-order chi connectivity index (χ1) is 8.20. The molecule has 0 aliphatic carbocycles. The summed E-state index contributed by atoms with van der Waals surface area (Å²) in [5.74, 6) is 0. The Morgan fingerprint density at radius 2 is 1.65 bits per heavy atom. The highest BCUT2D eigenvalue weighted by atomic mass is 31.2. The third-order valence-corrected chi connectivity index (χ3v) is 3.22. The largest absolute Gasteiger partial charge is 0.502 e. The lowest BCUT2D eigenvalue weighted by molar-refractivity contribution is -0.236. The van der Waals surface area contributed by atoms with Gasteiger partial charge in [0.25, 0.3) is 0 Å². The monoisotopic (exact) mass is 260 g/mol. The van der Waals surface area contributed by atoms with Crippen LogP contribution in [-0.4, -0.2) is 13.2 Å². The first-order valence-corrected chi connectivity index (χ1v) is 6.90. The summed E-state index contributed by atoms with van der Waals surface area (Å²) >= 11 is 0. The van der Waals surface area contributed by atoms with Crippen LogP contribution in [0.1, 0.15) is 19.4 Å². The topological polar surface area (TPSA) is 54.0 Å². The van der Waals surface area contributed by atoms with Crippen LogP contribution in [0, 0.1) is 0 Å². The van der Waals surface area contributed by atoms with E-state index in [1.165, 1.54) is 0 Å². The second-order valence-electron chi connectivity index (χ2n) is 3.11. The molecule has 1 aromatic carbocycles. The van der Waals surface area contributed by atoms with Gasteiger partial charge < -0.3 is 0 Å². The van der Waals surface area contributed by atoms with Crippen LogP contribution in [0.3, 0.4) is 0 Å². The van der Waals surface area contributed by atoms with Gasteiger partial charge in [-0.05, 0) is 19.4 Å². The summed E-state index contributed by atoms with van der Waals surface area (Å²) in [6.45, 7) is 4.04. The normalized spacial score (nSPS) is 11.6. The summed E-state index contributed by atoms with van der Waals surface area (Å²) in [5, 5.41) is 0. The minimum Gasteiger partial charge on any atom is -0.286 e. The highest BCUT2D eigenvalue weighted by molar-refractivity contribution is 7.48. The predicted molar refractivity (Wildman–Crippen MR) is 63.2 cm³/mol. The molecular formula is C11H17O5P. The molecule has 0 radical (unpaired) electrons. The lowest BCUT2D eigenvalue weighted by atomic mass is 10.2. The molecule has 5 nitrogen and oxygen atoms in total. The van der Waals surface area contributed by atoms with E-state index in [1.807, 2.05) is 30.3 Å². The van der Waals surface area contributed by atoms with Crippen molar-refractivity contribution in [1.29, 1.82) is 0 Å². The summed E-state index contributed by atoms with van der Waals surface area (Å²) < 4.78 is 26.3. The molecule has 0 heterocycles. The van der Waals surface area contributed by atoms with E-state index in [4.69, 9.17) is 18.6 Å². The summed E-state index contributed by atoms with van der Waals surface area (Å²) in [4.78, 5) is 4.88. The molecule has 0 saturated heterocycles. The maximum absolute atomic E-state index is 11.8. The lowest BCUT2D eigenvalue weighted by Crippen LogP contribution is -2.01. The van der Waals surface area contributed by atoms with Gasteiger partial charge in [0.05, 0.1) is 13.2 Å². The van der Waals surface area contributed by atoms with Crippen molar-refractivity contribution in [3.05, 3.63) is 35.9 Å². The van der Waals surface area contributed by atoms with E-state index >= 15 is 0 Å². The molecule has 0 saturated carbocycles. The molecule has 0 fully saturated rings. The Balaban J connectivity index is 2.40. The van der Waals surface area contributed by atoms with Gasteiger partial charge in [-0.2, -0.15) is 0 Å². The van der Waals surface area contributed by atoms with E-state index in [2.05, 4.69) is 0 Å². The molecule has 0 N–H and O–H groups in total. The second-order valence-corrected chi connectivity index (χ2v) is 4.66. The summed E-state index contributed by atoms with van der Waals surface area (Å²) in [6, 6.07) is 9.40. The quantitative estimate of drug-likeness (QED) is 0.407. The maximum Gasteiger partial charge on any atom is 0.502 e. The number of rotatable bonds is 8. The Morgan fingerprint density at radius 3 is 2.18 bits per heavy atom. The molecule has 0 aromatic heterocycles. The van der Waals surface area contributed by atoms with Crippen molar-refractivity contribution >= 4 is 7.82 Å². The minimum absolute atomic E-state index is 0.185. The van der Waals surface area contributed by atoms with Crippen molar-refractivity contribution in [1.82, 2.24) is 0 Å². The van der Waals surface area contributed by atoms with Gasteiger partial charge in [0.1, 0.15) is 6.61 Å². The molecule has 1 aromatic rings. The Labute approximate surface area is 101 Å². The number of phosphoric ester groups is 1. The van der Waals surface area contributed by atoms with Gasteiger partial charge in [0.2, 0.25) is 0 Å². The highest BCUT2D eigenvalue weighted by Gasteiger charge is 2.26. The van der Waals surface area contributed by atoms with E-state index in [1.54, 1.807) is 13.8 Å². The Bertz CT molecular complexity index is 344. The van der Waals surface area contributed by atoms with Crippen molar-refractivity contribution in [3.63, 3.8) is 0 Å². The minimum atomic E-state index is -3.58. The van der Waals surface area contributed by atoms with E-state index < -0.39 is 7.82 Å². The van der Waals surface area contributed by atoms with Gasteiger partial charge in [0.15, 0.2) is 0 Å². The van der Waals surface area contributed by atoms with Crippen molar-refractivity contribution in [2.45, 2.75) is 20.5 Å². The molecular weight excluding hydrogens is 243 g/mol. The number of phosphoric acid groups is 1. The molecule has 1 rings (SSSR count). The zero-order valence-corrected chi connectivity index (χ0v) is 10.9. The molecule has 0 amide bonds. The van der Waals surface area contributed by atoms with Gasteiger partial charge in [-0.25, -0.2) is 9.45 Å². The summed E-state index contributed by atoms with van der Waals surface area (Å²) in [6.07, 6.45) is 0. The van der Waals surface area contributed by atoms with Gasteiger partial charge in [-0.3, -0.25) is 9.05 Å². The van der Waals surface area contributed by atoms with Crippen molar-refractivity contribution in [2.75, 3.05) is 13.2 Å². The van der Waals surface area contributed by atoms with Crippen molar-refractivity contribution in [3.8, 4) is 0 Å². The number of benzene rings is 1. The first-order valence-electron chi connectivity index (χ1n) is 5.44. The molecule has 0 aliphatic rings. The van der Waals surface area contributed by atoms with Crippen LogP contribution >= 0.6 is 7.82 Å². The number of hydrogen-bond donors (Lipinski definition) is 0. The molecule has 0 atom stereocenters. The van der Waals surface area contributed by atoms with Crippen LogP contribution in [0.5, 0.6) is 0 Å². The fourth-order valence-electron chi connectivity index (χ4n) is 1.13. The van der Waals surface area contributed by atoms with Gasteiger partial charge in [-0.15, -0.1) is 4.67 Å². The molecule has 0 aliphatic heterocycles. The fourth-order valence-corrected chi connectivity index (χ4v) is 2.10. The zero-order chi connectivity index (χ0) is 12.6. The van der Waals surface area contributed by atoms with Gasteiger partial charge in [0, 0.05) is 0 Å². The third-order valence-electron chi connectivity index (χ3n) is 1.79. The van der Waals surface area contributed by atoms with E-state index in [0.29, 0.717) is 0 Å². The van der Waals surface area contributed by atoms with E-state index in [0.717, 1.165) is 5.56 Å². The second kappa shape index (κ2) is 7.58. The fraction of sp³-hybridized carbons (Fsp3) is 0.455. The maximum atomic E-state index is 11.8. The molecule has 0 bridgehead atoms. The molecule has 0 unspecified atom stereocenters. The first kappa shape index (κ1) is 14.4. The average molecular weight is 260 g/mol. The van der Waals surface area contributed by atoms with Gasteiger partial charge >= 0.3 is 7.82 Å². The zero-order valence-electron chi connectivity index (χ0n) is 10.00. The Morgan fingerprint density at radius 1 is 1.06 bits per heavy atom. The van der Waals surface area contributed by atoms with Crippen LogP contribution in [0.15, 0.2) is 30.3 Å². The summed E-state index contributed by atoms with van der Waals surface area (Å²) in [7, 11) is -3.58. The number of hydrogen-bond acceptors (Lipinski definition) is 5. The van der Waals surface area contributed by atoms with Crippen LogP contribution in [0.4, 0.5) is 0 Å². The van der Waals surface area contributed by atoms with Crippen LogP contribution in [0.25, 0.3) is 0 Å². The highest BCUT2D eigenvalue weighted by Crippen LogP contribution is 2.49. The Hall–Kier alpha value is -0.710. The van der Waals surface area contributed by atoms with Gasteiger partial charge in [-0.1, -0.05) is 30.3 Å². The third kappa shape index (κ3) is 5.44. The standard InChI is InChI=1S/C11H17O5P/c1-3-14-17(12,15-4-2)16-13-10-11-8-6-5-7-9-11/h5-9H,3-4,10H2,1-2H3. The van der Waals surface area contributed by atoms with Crippen LogP contribution in [-0.2, 0) is 29.8 Å². The molecule has 17 heavy (non-hydrogen) atoms. The van der Waals surface area contributed by atoms with Crippen LogP contribution in [0.2, 0.25) is 0 Å². The van der Waals surface area contributed by atoms with Crippen LogP contribution < -0.4 is 0 Å².